The zero-order valence-electron chi connectivity index (χ0n) is 16.9. The van der Waals surface area contributed by atoms with Crippen LogP contribution in [0, 0.1) is 0 Å². The minimum Gasteiger partial charge on any atom is -0.462 e. The Balaban J connectivity index is 1.56. The molecule has 4 aromatic rings. The van der Waals surface area contributed by atoms with Gasteiger partial charge in [-0.05, 0) is 37.6 Å². The van der Waals surface area contributed by atoms with Crippen LogP contribution < -0.4 is 5.32 Å². The molecule has 3 heterocycles. The molecule has 0 spiro atoms. The van der Waals surface area contributed by atoms with E-state index in [-0.39, 0.29) is 12.5 Å². The average molecular weight is 453 g/mol. The Hall–Kier alpha value is -3.17. The minimum atomic E-state index is -0.458. The van der Waals surface area contributed by atoms with E-state index in [1.54, 1.807) is 19.9 Å². The number of carbonyl (C=O) groups excluding carboxylic acids is 2. The highest BCUT2D eigenvalue weighted by Gasteiger charge is 2.23. The molecule has 0 fully saturated rings. The number of nitrogens with zero attached hydrogens (tertiary/aromatic N) is 3. The Morgan fingerprint density at radius 2 is 1.94 bits per heavy atom. The number of aromatic nitrogens is 3. The maximum absolute atomic E-state index is 12.9. The lowest BCUT2D eigenvalue weighted by Crippen LogP contribution is -2.23. The smallest absolute Gasteiger partial charge is 0.341 e. The van der Waals surface area contributed by atoms with Gasteiger partial charge in [-0.3, -0.25) is 9.20 Å². The highest BCUT2D eigenvalue weighted by Crippen LogP contribution is 2.36. The van der Waals surface area contributed by atoms with E-state index in [2.05, 4.69) is 15.5 Å². The van der Waals surface area contributed by atoms with Gasteiger partial charge in [0.15, 0.2) is 10.8 Å². The summed E-state index contributed by atoms with van der Waals surface area (Å²) in [5.74, 6) is -0.690. The first-order valence-corrected chi connectivity index (χ1v) is 11.4. The van der Waals surface area contributed by atoms with Gasteiger partial charge in [-0.1, -0.05) is 48.2 Å². The minimum absolute atomic E-state index is 0.232. The van der Waals surface area contributed by atoms with Gasteiger partial charge in [0.05, 0.1) is 17.4 Å². The SMILES string of the molecule is CCOC(=O)c1cc(-c2ccccc2)sc1NC(=O)C(C)Sc1nnc2ccccn12. The number of thiophene rings is 1. The fourth-order valence-electron chi connectivity index (χ4n) is 2.91. The molecule has 4 rings (SSSR count). The van der Waals surface area contributed by atoms with Gasteiger partial charge in [0.25, 0.3) is 0 Å². The summed E-state index contributed by atoms with van der Waals surface area (Å²) in [5.41, 5.74) is 2.04. The molecule has 0 aliphatic carbocycles. The third-order valence-electron chi connectivity index (χ3n) is 4.46. The van der Waals surface area contributed by atoms with E-state index in [9.17, 15) is 9.59 Å². The molecule has 1 amide bonds. The number of benzene rings is 1. The Labute approximate surface area is 187 Å². The lowest BCUT2D eigenvalue weighted by molar-refractivity contribution is -0.115. The molecule has 7 nitrogen and oxygen atoms in total. The number of rotatable bonds is 7. The molecule has 0 aliphatic rings. The molecule has 1 aromatic carbocycles. The first kappa shape index (κ1) is 21.1. The third-order valence-corrected chi connectivity index (χ3v) is 6.61. The predicted molar refractivity (Wildman–Crippen MR) is 123 cm³/mol. The number of ether oxygens (including phenoxy) is 1. The van der Waals surface area contributed by atoms with Crippen molar-refractivity contribution in [2.75, 3.05) is 11.9 Å². The summed E-state index contributed by atoms with van der Waals surface area (Å²) in [5, 5.41) is 11.8. The van der Waals surface area contributed by atoms with Crippen LogP contribution >= 0.6 is 23.1 Å². The number of thioether (sulfide) groups is 1. The standard InChI is InChI=1S/C22H20N4O3S2/c1-3-29-21(28)16-13-17(15-9-5-4-6-10-15)31-20(16)23-19(27)14(2)30-22-25-24-18-11-7-8-12-26(18)22/h4-14H,3H2,1-2H3,(H,23,27). The van der Waals surface area contributed by atoms with Gasteiger partial charge in [-0.2, -0.15) is 0 Å². The molecule has 0 bridgehead atoms. The quantitative estimate of drug-likeness (QED) is 0.322. The van der Waals surface area contributed by atoms with Crippen LogP contribution in [0.5, 0.6) is 0 Å². The van der Waals surface area contributed by atoms with Crippen molar-refractivity contribution in [1.82, 2.24) is 14.6 Å². The van der Waals surface area contributed by atoms with Crippen molar-refractivity contribution >= 4 is 45.6 Å². The molecular formula is C22H20N4O3S2. The number of pyridine rings is 1. The number of esters is 1. The first-order chi connectivity index (χ1) is 15.1. The Kier molecular flexibility index (Phi) is 6.34. The van der Waals surface area contributed by atoms with Crippen molar-refractivity contribution in [3.8, 4) is 10.4 Å². The number of hydrogen-bond donors (Lipinski definition) is 1. The summed E-state index contributed by atoms with van der Waals surface area (Å²) in [6.45, 7) is 3.80. The zero-order valence-corrected chi connectivity index (χ0v) is 18.6. The molecule has 1 N–H and O–H groups in total. The maximum atomic E-state index is 12.9. The normalized spacial score (nSPS) is 11.9. The van der Waals surface area contributed by atoms with E-state index >= 15 is 0 Å². The number of hydrogen-bond acceptors (Lipinski definition) is 7. The molecular weight excluding hydrogens is 432 g/mol. The Bertz CT molecular complexity index is 1220. The number of fused-ring (bicyclic) bond motifs is 1. The summed E-state index contributed by atoms with van der Waals surface area (Å²) in [7, 11) is 0. The van der Waals surface area contributed by atoms with Crippen LogP contribution in [-0.2, 0) is 9.53 Å². The number of nitrogens with one attached hydrogen (secondary N) is 1. The number of carbonyl (C=O) groups is 2. The number of anilines is 1. The summed E-state index contributed by atoms with van der Waals surface area (Å²) in [4.78, 5) is 26.3. The van der Waals surface area contributed by atoms with Crippen LogP contribution in [0.1, 0.15) is 24.2 Å². The van der Waals surface area contributed by atoms with Gasteiger partial charge in [0.2, 0.25) is 5.91 Å². The van der Waals surface area contributed by atoms with Crippen molar-refractivity contribution < 1.29 is 14.3 Å². The van der Waals surface area contributed by atoms with E-state index in [4.69, 9.17) is 4.74 Å². The second kappa shape index (κ2) is 9.32. The Morgan fingerprint density at radius 3 is 2.71 bits per heavy atom. The summed E-state index contributed by atoms with van der Waals surface area (Å²) >= 11 is 2.65. The molecule has 158 valence electrons. The number of amides is 1. The second-order valence-electron chi connectivity index (χ2n) is 6.60. The van der Waals surface area contributed by atoms with E-state index in [1.165, 1.54) is 23.1 Å². The van der Waals surface area contributed by atoms with Crippen LogP contribution in [0.25, 0.3) is 16.1 Å². The van der Waals surface area contributed by atoms with E-state index in [1.807, 2.05) is 59.1 Å². The van der Waals surface area contributed by atoms with Gasteiger partial charge in [-0.15, -0.1) is 21.5 Å². The third kappa shape index (κ3) is 4.62. The molecule has 1 unspecified atom stereocenters. The molecule has 0 saturated carbocycles. The van der Waals surface area contributed by atoms with Gasteiger partial charge in [-0.25, -0.2) is 4.79 Å². The van der Waals surface area contributed by atoms with Gasteiger partial charge < -0.3 is 10.1 Å². The van der Waals surface area contributed by atoms with Gasteiger partial charge >= 0.3 is 5.97 Å². The van der Waals surface area contributed by atoms with Crippen molar-refractivity contribution in [2.45, 2.75) is 24.3 Å². The van der Waals surface area contributed by atoms with Crippen molar-refractivity contribution in [3.63, 3.8) is 0 Å². The highest BCUT2D eigenvalue weighted by atomic mass is 32.2. The predicted octanol–water partition coefficient (Wildman–Crippen LogP) is 4.75. The van der Waals surface area contributed by atoms with E-state index in [0.29, 0.717) is 21.4 Å². The van der Waals surface area contributed by atoms with Crippen molar-refractivity contribution in [1.29, 1.82) is 0 Å². The summed E-state index contributed by atoms with van der Waals surface area (Å²) in [6.07, 6.45) is 1.85. The molecule has 0 radical (unpaired) electrons. The van der Waals surface area contributed by atoms with Crippen molar-refractivity contribution in [2.24, 2.45) is 0 Å². The zero-order chi connectivity index (χ0) is 21.8. The Morgan fingerprint density at radius 1 is 1.16 bits per heavy atom. The fourth-order valence-corrected chi connectivity index (χ4v) is 4.81. The lowest BCUT2D eigenvalue weighted by Gasteiger charge is -2.11. The van der Waals surface area contributed by atoms with Gasteiger partial charge in [0.1, 0.15) is 5.00 Å². The monoisotopic (exact) mass is 452 g/mol. The average Bonchev–Trinajstić information content (AvgIpc) is 3.39. The summed E-state index contributed by atoms with van der Waals surface area (Å²) < 4.78 is 7.01. The largest absolute Gasteiger partial charge is 0.462 e. The van der Waals surface area contributed by atoms with Crippen LogP contribution in [0.15, 0.2) is 66.0 Å². The highest BCUT2D eigenvalue weighted by molar-refractivity contribution is 8.00. The van der Waals surface area contributed by atoms with E-state index in [0.717, 1.165) is 10.4 Å². The van der Waals surface area contributed by atoms with Gasteiger partial charge in [0, 0.05) is 11.1 Å². The van der Waals surface area contributed by atoms with Crippen LogP contribution in [0.3, 0.4) is 0 Å². The van der Waals surface area contributed by atoms with Crippen LogP contribution in [0.2, 0.25) is 0 Å². The fraction of sp³-hybridized carbons (Fsp3) is 0.182. The molecule has 31 heavy (non-hydrogen) atoms. The lowest BCUT2D eigenvalue weighted by atomic mass is 10.1. The van der Waals surface area contributed by atoms with Crippen LogP contribution in [0.4, 0.5) is 5.00 Å². The summed E-state index contributed by atoms with van der Waals surface area (Å²) in [6, 6.07) is 17.1. The molecule has 1 atom stereocenters. The molecule has 0 saturated heterocycles. The molecule has 9 heteroatoms. The van der Waals surface area contributed by atoms with E-state index < -0.39 is 11.2 Å². The molecule has 0 aliphatic heterocycles. The topological polar surface area (TPSA) is 85.6 Å². The first-order valence-electron chi connectivity index (χ1n) is 9.70. The second-order valence-corrected chi connectivity index (χ2v) is 8.96. The van der Waals surface area contributed by atoms with Crippen molar-refractivity contribution in [3.05, 3.63) is 66.4 Å². The molecule has 3 aromatic heterocycles. The maximum Gasteiger partial charge on any atom is 0.341 e. The van der Waals surface area contributed by atoms with Crippen LogP contribution in [-0.4, -0.2) is 38.3 Å².